The van der Waals surface area contributed by atoms with Crippen molar-refractivity contribution in [3.63, 3.8) is 0 Å². The first-order valence-corrected chi connectivity index (χ1v) is 7.17. The fourth-order valence-electron chi connectivity index (χ4n) is 2.99. The van der Waals surface area contributed by atoms with Crippen LogP contribution in [-0.2, 0) is 4.79 Å². The molecule has 0 unspecified atom stereocenters. The normalized spacial score (nSPS) is 11.6. The Morgan fingerprint density at radius 2 is 1.71 bits per heavy atom. The summed E-state index contributed by atoms with van der Waals surface area (Å²) in [6, 6.07) is 14.6. The molecule has 1 heterocycles. The molecule has 0 fully saturated rings. The van der Waals surface area contributed by atoms with Gasteiger partial charge in [0.25, 0.3) is 0 Å². The predicted molar refractivity (Wildman–Crippen MR) is 84.1 cm³/mol. The van der Waals surface area contributed by atoms with Gasteiger partial charge in [0.2, 0.25) is 0 Å². The average Bonchev–Trinajstić information content (AvgIpc) is 2.85. The zero-order valence-corrected chi connectivity index (χ0v) is 15.0. The Labute approximate surface area is 160 Å². The maximum Gasteiger partial charge on any atom is 1.00 e. The number of hydrogen-bond donors (Lipinski definition) is 1. The molecule has 0 radical (unpaired) electrons. The van der Waals surface area contributed by atoms with Gasteiger partial charge in [0, 0.05) is 16.5 Å². The molecule has 0 aliphatic heterocycles. The number of fused-ring (bicyclic) bond motifs is 4. The van der Waals surface area contributed by atoms with Crippen LogP contribution in [0.4, 0.5) is 5.69 Å². The molecule has 3 aromatic rings. The van der Waals surface area contributed by atoms with E-state index in [2.05, 4.69) is 10.3 Å². The molecule has 0 spiro atoms. The van der Waals surface area contributed by atoms with Crippen molar-refractivity contribution >= 4 is 28.3 Å². The van der Waals surface area contributed by atoms with E-state index in [1.165, 1.54) is 0 Å². The summed E-state index contributed by atoms with van der Waals surface area (Å²) in [5, 5.41) is 14.4. The third-order valence-corrected chi connectivity index (χ3v) is 3.96. The van der Waals surface area contributed by atoms with Gasteiger partial charge >= 0.3 is 29.6 Å². The number of carbonyl (C=O) groups excluding carboxylic acids is 2. The van der Waals surface area contributed by atoms with Gasteiger partial charge in [-0.2, -0.15) is 0 Å². The molecule has 0 saturated heterocycles. The second kappa shape index (κ2) is 6.36. The number of nitrogens with zero attached hydrogens (tertiary/aromatic N) is 1. The minimum Gasteiger partial charge on any atom is -0.548 e. The molecule has 1 aliphatic rings. The van der Waals surface area contributed by atoms with E-state index in [0.717, 1.165) is 5.56 Å². The van der Waals surface area contributed by atoms with Crippen LogP contribution in [0.25, 0.3) is 22.2 Å². The van der Waals surface area contributed by atoms with Crippen molar-refractivity contribution in [2.75, 3.05) is 11.9 Å². The number of rotatable bonds is 3. The number of carboxylic acid groups (broad SMARTS) is 1. The van der Waals surface area contributed by atoms with Crippen molar-refractivity contribution in [2.24, 2.45) is 0 Å². The molecule has 112 valence electrons. The van der Waals surface area contributed by atoms with Gasteiger partial charge in [-0.15, -0.1) is 0 Å². The third kappa shape index (κ3) is 2.51. The number of para-hydroxylation sites is 1. The summed E-state index contributed by atoms with van der Waals surface area (Å²) in [7, 11) is 0. The summed E-state index contributed by atoms with van der Waals surface area (Å²) in [4.78, 5) is 28.2. The van der Waals surface area contributed by atoms with E-state index in [0.29, 0.717) is 33.4 Å². The first-order valence-electron chi connectivity index (χ1n) is 7.17. The van der Waals surface area contributed by atoms with Crippen LogP contribution >= 0.6 is 0 Å². The molecule has 0 atom stereocenters. The van der Waals surface area contributed by atoms with Gasteiger partial charge in [-0.1, -0.05) is 42.5 Å². The first kappa shape index (κ1) is 16.6. The monoisotopic (exact) mass is 326 g/mol. The Bertz CT molecular complexity index is 985. The van der Waals surface area contributed by atoms with Crippen LogP contribution in [0, 0.1) is 0 Å². The Balaban J connectivity index is 0.00000169. The van der Waals surface area contributed by atoms with Crippen molar-refractivity contribution in [1.82, 2.24) is 4.98 Å². The maximum atomic E-state index is 12.8. The smallest absolute Gasteiger partial charge is 0.548 e. The Hall–Kier alpha value is -2.21. The van der Waals surface area contributed by atoms with Crippen molar-refractivity contribution in [2.45, 2.75) is 0 Å². The van der Waals surface area contributed by atoms with E-state index in [-0.39, 0.29) is 41.9 Å². The standard InChI is InChI=1S/C18H12N2O3.Na/c21-14(22)9-19-16-12-7-3-4-8-13(12)20-17-10-5-1-2-6-11(10)18(23)15(16)17;/h1-8H,9H2,(H,19,20)(H,21,22);/q;+1/p-1. The summed E-state index contributed by atoms with van der Waals surface area (Å²) in [5.74, 6) is -1.38. The number of carbonyl (C=O) groups is 2. The second-order valence-electron chi connectivity index (χ2n) is 5.33. The van der Waals surface area contributed by atoms with Gasteiger partial charge in [0.15, 0.2) is 5.78 Å². The zero-order chi connectivity index (χ0) is 16.0. The molecule has 4 rings (SSSR count). The van der Waals surface area contributed by atoms with Gasteiger partial charge in [-0.05, 0) is 6.07 Å². The molecular weight excluding hydrogens is 315 g/mol. The molecule has 6 heteroatoms. The third-order valence-electron chi connectivity index (χ3n) is 3.96. The molecule has 0 saturated carbocycles. The molecule has 0 bridgehead atoms. The van der Waals surface area contributed by atoms with E-state index in [1.54, 1.807) is 12.1 Å². The number of hydrogen-bond acceptors (Lipinski definition) is 5. The minimum absolute atomic E-state index is 0. The number of pyridine rings is 1. The van der Waals surface area contributed by atoms with Gasteiger partial charge in [-0.3, -0.25) is 4.79 Å². The second-order valence-corrected chi connectivity index (χ2v) is 5.33. The maximum absolute atomic E-state index is 12.8. The molecule has 2 aromatic carbocycles. The Morgan fingerprint density at radius 1 is 1.04 bits per heavy atom. The Kier molecular flexibility index (Phi) is 4.41. The average molecular weight is 326 g/mol. The number of aromatic nitrogens is 1. The molecule has 1 aliphatic carbocycles. The molecule has 1 N–H and O–H groups in total. The van der Waals surface area contributed by atoms with E-state index in [1.807, 2.05) is 36.4 Å². The summed E-state index contributed by atoms with van der Waals surface area (Å²) in [5.41, 5.74) is 3.57. The van der Waals surface area contributed by atoms with Gasteiger partial charge < -0.3 is 15.2 Å². The minimum atomic E-state index is -1.23. The predicted octanol–water partition coefficient (Wildman–Crippen LogP) is -1.39. The van der Waals surface area contributed by atoms with Crippen molar-refractivity contribution in [1.29, 1.82) is 0 Å². The SMILES string of the molecule is O=C([O-])CNc1c2c(nc3ccccc13)-c1ccccc1C2=O.[Na+]. The number of anilines is 1. The first-order chi connectivity index (χ1) is 11.2. The fourth-order valence-corrected chi connectivity index (χ4v) is 2.99. The fraction of sp³-hybridized carbons (Fsp3) is 0.0556. The van der Waals surface area contributed by atoms with Crippen LogP contribution in [0.2, 0.25) is 0 Å². The summed E-state index contributed by atoms with van der Waals surface area (Å²) in [6.07, 6.45) is 0. The van der Waals surface area contributed by atoms with Crippen LogP contribution in [0.5, 0.6) is 0 Å². The number of aliphatic carboxylic acids is 1. The molecule has 0 amide bonds. The molecular formula is C18H11N2NaO3. The van der Waals surface area contributed by atoms with Gasteiger partial charge in [-0.25, -0.2) is 4.98 Å². The number of benzene rings is 2. The largest absolute Gasteiger partial charge is 1.00 e. The van der Waals surface area contributed by atoms with Crippen molar-refractivity contribution in [3.05, 3.63) is 59.7 Å². The van der Waals surface area contributed by atoms with E-state index < -0.39 is 5.97 Å². The molecule has 1 aromatic heterocycles. The number of carboxylic acids is 1. The van der Waals surface area contributed by atoms with E-state index in [9.17, 15) is 14.7 Å². The summed E-state index contributed by atoms with van der Waals surface area (Å²) < 4.78 is 0. The van der Waals surface area contributed by atoms with Crippen molar-refractivity contribution < 1.29 is 44.3 Å². The molecule has 24 heavy (non-hydrogen) atoms. The van der Waals surface area contributed by atoms with Crippen molar-refractivity contribution in [3.8, 4) is 11.3 Å². The summed E-state index contributed by atoms with van der Waals surface area (Å²) in [6.45, 7) is -0.371. The summed E-state index contributed by atoms with van der Waals surface area (Å²) >= 11 is 0. The van der Waals surface area contributed by atoms with E-state index in [4.69, 9.17) is 0 Å². The Morgan fingerprint density at radius 3 is 2.46 bits per heavy atom. The van der Waals surface area contributed by atoms with Crippen LogP contribution in [-0.4, -0.2) is 23.3 Å². The molecule has 5 nitrogen and oxygen atoms in total. The van der Waals surface area contributed by atoms with Crippen LogP contribution in [0.15, 0.2) is 48.5 Å². The van der Waals surface area contributed by atoms with Gasteiger partial charge in [0.05, 0.1) is 35.0 Å². The van der Waals surface area contributed by atoms with Crippen LogP contribution in [0.1, 0.15) is 15.9 Å². The number of ketones is 1. The zero-order valence-electron chi connectivity index (χ0n) is 13.0. The van der Waals surface area contributed by atoms with E-state index >= 15 is 0 Å². The quantitative estimate of drug-likeness (QED) is 0.469. The van der Waals surface area contributed by atoms with Crippen LogP contribution in [0.3, 0.4) is 0 Å². The van der Waals surface area contributed by atoms with Gasteiger partial charge in [0.1, 0.15) is 0 Å². The number of nitrogens with one attached hydrogen (secondary N) is 1. The van der Waals surface area contributed by atoms with Crippen LogP contribution < -0.4 is 40.0 Å². The topological polar surface area (TPSA) is 82.1 Å².